The standard InChI is InChI=1S/C12H12FN3O4/c1-5-9(18)8(13)11(20-5)16-4-6-2-3-7(17)14-10(6)15-12(16)19/h2-5,8-9,11,18H,1H3,(H,14,15,17,19)/i1D. The Morgan fingerprint density at radius 1 is 1.55 bits per heavy atom. The number of fused-ring (bicyclic) bond motifs is 1. The first-order valence-corrected chi connectivity index (χ1v) is 5.90. The zero-order valence-corrected chi connectivity index (χ0v) is 10.2. The van der Waals surface area contributed by atoms with Gasteiger partial charge in [0.1, 0.15) is 11.8 Å². The molecule has 0 aromatic carbocycles. The molecule has 1 saturated heterocycles. The molecular formula is C12H12FN3O4. The van der Waals surface area contributed by atoms with Crippen molar-refractivity contribution in [1.82, 2.24) is 14.5 Å². The zero-order valence-electron chi connectivity index (χ0n) is 11.2. The van der Waals surface area contributed by atoms with Gasteiger partial charge in [-0.25, -0.2) is 9.18 Å². The molecule has 1 aliphatic heterocycles. The lowest BCUT2D eigenvalue weighted by Gasteiger charge is -2.15. The quantitative estimate of drug-likeness (QED) is 0.748. The van der Waals surface area contributed by atoms with E-state index in [0.29, 0.717) is 5.39 Å². The van der Waals surface area contributed by atoms with Crippen LogP contribution in [0.1, 0.15) is 14.5 Å². The first-order valence-electron chi connectivity index (χ1n) is 6.61. The van der Waals surface area contributed by atoms with Crippen molar-refractivity contribution in [3.8, 4) is 0 Å². The van der Waals surface area contributed by atoms with Gasteiger partial charge in [-0.3, -0.25) is 9.36 Å². The van der Waals surface area contributed by atoms with Gasteiger partial charge in [-0.2, -0.15) is 4.98 Å². The van der Waals surface area contributed by atoms with E-state index in [2.05, 4.69) is 9.97 Å². The number of halogens is 1. The fraction of sp³-hybridized carbons (Fsp3) is 0.417. The number of nitrogens with one attached hydrogen (secondary N) is 1. The summed E-state index contributed by atoms with van der Waals surface area (Å²) in [4.78, 5) is 29.2. The number of aromatic amines is 1. The summed E-state index contributed by atoms with van der Waals surface area (Å²) in [6.45, 7) is -0.318. The Bertz CT molecular complexity index is 792. The molecular weight excluding hydrogens is 269 g/mol. The van der Waals surface area contributed by atoms with Crippen LogP contribution < -0.4 is 11.2 Å². The van der Waals surface area contributed by atoms with E-state index in [0.717, 1.165) is 4.57 Å². The Balaban J connectivity index is 2.09. The molecule has 1 fully saturated rings. The molecule has 7 nitrogen and oxygen atoms in total. The van der Waals surface area contributed by atoms with Crippen LogP contribution >= 0.6 is 0 Å². The summed E-state index contributed by atoms with van der Waals surface area (Å²) in [5.74, 6) is 0. The summed E-state index contributed by atoms with van der Waals surface area (Å²) in [6, 6.07) is 2.69. The Morgan fingerprint density at radius 2 is 2.35 bits per heavy atom. The highest BCUT2D eigenvalue weighted by Gasteiger charge is 2.43. The molecule has 3 rings (SSSR count). The smallest absolute Gasteiger partial charge is 0.351 e. The number of aliphatic hydroxyl groups is 1. The molecule has 4 unspecified atom stereocenters. The molecule has 3 heterocycles. The molecule has 8 heteroatoms. The predicted molar refractivity (Wildman–Crippen MR) is 67.1 cm³/mol. The second-order valence-electron chi connectivity index (χ2n) is 4.56. The molecule has 1 aliphatic rings. The normalized spacial score (nSPS) is 30.6. The van der Waals surface area contributed by atoms with Gasteiger partial charge >= 0.3 is 5.69 Å². The van der Waals surface area contributed by atoms with Crippen LogP contribution in [0.25, 0.3) is 11.0 Å². The predicted octanol–water partition coefficient (Wildman–Crippen LogP) is -0.299. The topological polar surface area (TPSA) is 97.2 Å². The summed E-state index contributed by atoms with van der Waals surface area (Å²) >= 11 is 0. The van der Waals surface area contributed by atoms with Gasteiger partial charge in [0.2, 0.25) is 5.56 Å². The number of rotatable bonds is 1. The fourth-order valence-corrected chi connectivity index (χ4v) is 2.14. The molecule has 20 heavy (non-hydrogen) atoms. The highest BCUT2D eigenvalue weighted by molar-refractivity contribution is 5.72. The highest BCUT2D eigenvalue weighted by Crippen LogP contribution is 2.30. The third kappa shape index (κ3) is 1.93. The van der Waals surface area contributed by atoms with Gasteiger partial charge in [-0.05, 0) is 13.0 Å². The zero-order chi connectivity index (χ0) is 15.1. The SMILES string of the molecule is [2H]CC1OC(n2cc3ccc(=O)[nH]c3nc2=O)C(F)C1O. The minimum atomic E-state index is -1.83. The first-order chi connectivity index (χ1) is 10.0. The average Bonchev–Trinajstić information content (AvgIpc) is 2.74. The first kappa shape index (κ1) is 11.7. The number of ether oxygens (including phenoxy) is 1. The molecule has 0 spiro atoms. The van der Waals surface area contributed by atoms with Crippen molar-refractivity contribution in [3.63, 3.8) is 0 Å². The molecule has 0 saturated carbocycles. The van der Waals surface area contributed by atoms with Gasteiger partial charge in [-0.15, -0.1) is 0 Å². The third-order valence-corrected chi connectivity index (χ3v) is 3.20. The number of H-pyrrole nitrogens is 1. The van der Waals surface area contributed by atoms with Crippen molar-refractivity contribution >= 4 is 11.0 Å². The summed E-state index contributed by atoms with van der Waals surface area (Å²) in [5, 5.41) is 10.1. The van der Waals surface area contributed by atoms with E-state index in [1.165, 1.54) is 18.3 Å². The maximum absolute atomic E-state index is 14.0. The van der Waals surface area contributed by atoms with Gasteiger partial charge in [-0.1, -0.05) is 0 Å². The molecule has 2 aromatic rings. The van der Waals surface area contributed by atoms with E-state index in [1.807, 2.05) is 0 Å². The van der Waals surface area contributed by atoms with Crippen molar-refractivity contribution in [1.29, 1.82) is 0 Å². The van der Waals surface area contributed by atoms with Crippen LogP contribution in [0.5, 0.6) is 0 Å². The van der Waals surface area contributed by atoms with E-state index in [4.69, 9.17) is 6.11 Å². The van der Waals surface area contributed by atoms with E-state index in [1.54, 1.807) is 0 Å². The Labute approximate surface area is 113 Å². The van der Waals surface area contributed by atoms with Crippen LogP contribution in [-0.2, 0) is 4.74 Å². The number of hydrogen-bond acceptors (Lipinski definition) is 5. The molecule has 106 valence electrons. The molecule has 4 atom stereocenters. The van der Waals surface area contributed by atoms with Gasteiger partial charge < -0.3 is 14.8 Å². The second kappa shape index (κ2) is 4.50. The van der Waals surface area contributed by atoms with Gasteiger partial charge in [0, 0.05) is 19.0 Å². The molecule has 0 radical (unpaired) electrons. The largest absolute Gasteiger partial charge is 0.387 e. The van der Waals surface area contributed by atoms with Crippen LogP contribution in [0, 0.1) is 0 Å². The van der Waals surface area contributed by atoms with E-state index in [-0.39, 0.29) is 12.5 Å². The molecule has 0 amide bonds. The average molecular weight is 282 g/mol. The van der Waals surface area contributed by atoms with Gasteiger partial charge in [0.05, 0.1) is 6.10 Å². The monoisotopic (exact) mass is 282 g/mol. The van der Waals surface area contributed by atoms with E-state index in [9.17, 15) is 19.1 Å². The minimum Gasteiger partial charge on any atom is -0.387 e. The van der Waals surface area contributed by atoms with Crippen molar-refractivity contribution in [2.24, 2.45) is 0 Å². The van der Waals surface area contributed by atoms with Gasteiger partial charge in [0.15, 0.2) is 12.4 Å². The van der Waals surface area contributed by atoms with Crippen molar-refractivity contribution < 1.29 is 15.6 Å². The molecule has 2 aromatic heterocycles. The Kier molecular flexibility index (Phi) is 2.64. The summed E-state index contributed by atoms with van der Waals surface area (Å²) < 4.78 is 27.4. The number of alkyl halides is 1. The maximum atomic E-state index is 14.0. The van der Waals surface area contributed by atoms with E-state index >= 15 is 0 Å². The number of hydrogen-bond donors (Lipinski definition) is 2. The second-order valence-corrected chi connectivity index (χ2v) is 4.56. The fourth-order valence-electron chi connectivity index (χ4n) is 2.14. The van der Waals surface area contributed by atoms with Crippen molar-refractivity contribution in [3.05, 3.63) is 39.2 Å². The summed E-state index contributed by atoms with van der Waals surface area (Å²) in [6.07, 6.45) is -4.34. The number of nitrogens with zero attached hydrogens (tertiary/aromatic N) is 2. The number of aromatic nitrogens is 3. The van der Waals surface area contributed by atoms with Crippen molar-refractivity contribution in [2.45, 2.75) is 31.5 Å². The van der Waals surface area contributed by atoms with Crippen LogP contribution in [0.2, 0.25) is 0 Å². The van der Waals surface area contributed by atoms with E-state index < -0.39 is 35.9 Å². The third-order valence-electron chi connectivity index (χ3n) is 3.20. The number of pyridine rings is 1. The Morgan fingerprint density at radius 3 is 3.05 bits per heavy atom. The summed E-state index contributed by atoms with van der Waals surface area (Å²) in [7, 11) is 0. The lowest BCUT2D eigenvalue weighted by molar-refractivity contribution is -0.0181. The lowest BCUT2D eigenvalue weighted by Crippen LogP contribution is -2.33. The Hall–Kier alpha value is -2.06. The van der Waals surface area contributed by atoms with Crippen LogP contribution in [0.15, 0.2) is 27.9 Å². The molecule has 2 N–H and O–H groups in total. The van der Waals surface area contributed by atoms with Crippen LogP contribution in [0.4, 0.5) is 4.39 Å². The number of aliphatic hydroxyl groups excluding tert-OH is 1. The molecule has 0 bridgehead atoms. The molecule has 0 aliphatic carbocycles. The lowest BCUT2D eigenvalue weighted by atomic mass is 10.2. The van der Waals surface area contributed by atoms with Crippen LogP contribution in [0.3, 0.4) is 0 Å². The summed E-state index contributed by atoms with van der Waals surface area (Å²) in [5.41, 5.74) is -1.12. The minimum absolute atomic E-state index is 0.0924. The van der Waals surface area contributed by atoms with Crippen LogP contribution in [-0.4, -0.2) is 38.0 Å². The van der Waals surface area contributed by atoms with Crippen molar-refractivity contribution in [2.75, 3.05) is 0 Å². The highest BCUT2D eigenvalue weighted by atomic mass is 19.1. The van der Waals surface area contributed by atoms with Gasteiger partial charge in [0.25, 0.3) is 0 Å². The maximum Gasteiger partial charge on any atom is 0.351 e.